The minimum Gasteiger partial charge on any atom is -0.857 e. The topological polar surface area (TPSA) is 121 Å². The van der Waals surface area contributed by atoms with Gasteiger partial charge < -0.3 is 10.2 Å². The molecule has 2 heterocycles. The Kier molecular flexibility index (Phi) is 11.8. The first-order chi connectivity index (χ1) is 16.7. The third-order valence-electron chi connectivity index (χ3n) is 4.09. The number of pyridine rings is 2. The molecule has 35 heavy (non-hydrogen) atoms. The van der Waals surface area contributed by atoms with Crippen LogP contribution in [-0.4, -0.2) is 34.2 Å². The maximum atomic E-state index is 11.5. The molecule has 0 atom stereocenters. The summed E-state index contributed by atoms with van der Waals surface area (Å²) in [5.74, 6) is -0.726. The van der Waals surface area contributed by atoms with Crippen LogP contribution in [0.4, 0.5) is 0 Å². The van der Waals surface area contributed by atoms with Gasteiger partial charge in [-0.05, 0) is 35.4 Å². The van der Waals surface area contributed by atoms with Crippen LogP contribution in [0.25, 0.3) is 0 Å². The van der Waals surface area contributed by atoms with Crippen molar-refractivity contribution in [1.82, 2.24) is 9.97 Å². The van der Waals surface area contributed by atoms with E-state index in [4.69, 9.17) is 0 Å². The van der Waals surface area contributed by atoms with Crippen molar-refractivity contribution >= 4 is 24.2 Å². The molecule has 174 valence electrons. The van der Waals surface area contributed by atoms with Gasteiger partial charge in [0.25, 0.3) is 0 Å². The van der Waals surface area contributed by atoms with Crippen LogP contribution >= 0.6 is 0 Å². The van der Waals surface area contributed by atoms with Crippen molar-refractivity contribution in [3.63, 3.8) is 0 Å². The van der Waals surface area contributed by atoms with Crippen LogP contribution in [-0.2, 0) is 17.1 Å². The van der Waals surface area contributed by atoms with Crippen molar-refractivity contribution in [3.05, 3.63) is 132 Å². The quantitative estimate of drug-likeness (QED) is 0.173. The van der Waals surface area contributed by atoms with E-state index in [-0.39, 0.29) is 28.9 Å². The first kappa shape index (κ1) is 26.8. The molecule has 9 heteroatoms. The molecule has 4 aromatic rings. The molecule has 2 aromatic carbocycles. The van der Waals surface area contributed by atoms with Crippen LogP contribution < -0.4 is 10.2 Å². The van der Waals surface area contributed by atoms with Crippen LogP contribution in [0.15, 0.2) is 130 Å². The number of hydrogen-bond acceptors (Lipinski definition) is 8. The molecular weight excluding hydrogens is 484 g/mol. The molecule has 0 saturated carbocycles. The average Bonchev–Trinajstić information content (AvgIpc) is 2.91. The van der Waals surface area contributed by atoms with E-state index in [1.807, 2.05) is 36.4 Å². The van der Waals surface area contributed by atoms with E-state index in [0.29, 0.717) is 22.5 Å². The SMILES string of the molecule is [Fe+2].[O-]/C(=N\N=C\c1ccccn1)c1ccccc1.[O-]/C(=N\N=C\c1ccccn1)c1ccccc1. The fraction of sp³-hybridized carbons (Fsp3) is 0. The molecule has 0 unspecified atom stereocenters. The Morgan fingerprint density at radius 2 is 0.914 bits per heavy atom. The summed E-state index contributed by atoms with van der Waals surface area (Å²) in [5.41, 5.74) is 2.37. The molecule has 0 spiro atoms. The Hall–Kier alpha value is -4.46. The van der Waals surface area contributed by atoms with Crippen molar-refractivity contribution in [2.75, 3.05) is 0 Å². The van der Waals surface area contributed by atoms with E-state index in [1.165, 1.54) is 12.4 Å². The molecule has 0 aliphatic heterocycles. The van der Waals surface area contributed by atoms with Crippen LogP contribution in [0, 0.1) is 0 Å². The van der Waals surface area contributed by atoms with E-state index in [9.17, 15) is 10.2 Å². The zero-order valence-corrected chi connectivity index (χ0v) is 19.5. The zero-order valence-electron chi connectivity index (χ0n) is 18.4. The van der Waals surface area contributed by atoms with Crippen LogP contribution in [0.3, 0.4) is 0 Å². The van der Waals surface area contributed by atoms with Gasteiger partial charge in [-0.2, -0.15) is 20.4 Å². The molecule has 0 aliphatic rings. The van der Waals surface area contributed by atoms with E-state index < -0.39 is 0 Å². The number of benzene rings is 2. The van der Waals surface area contributed by atoms with Crippen molar-refractivity contribution in [2.24, 2.45) is 20.4 Å². The van der Waals surface area contributed by atoms with Gasteiger partial charge in [-0.15, -0.1) is 0 Å². The third-order valence-corrected chi connectivity index (χ3v) is 4.09. The van der Waals surface area contributed by atoms with Gasteiger partial charge in [0.2, 0.25) is 0 Å². The number of nitrogens with zero attached hydrogens (tertiary/aromatic N) is 6. The second-order valence-electron chi connectivity index (χ2n) is 6.54. The molecule has 0 amide bonds. The van der Waals surface area contributed by atoms with Gasteiger partial charge in [-0.3, -0.25) is 9.97 Å². The van der Waals surface area contributed by atoms with Crippen molar-refractivity contribution in [1.29, 1.82) is 0 Å². The molecule has 4 rings (SSSR count). The van der Waals surface area contributed by atoms with Gasteiger partial charge in [0.15, 0.2) is 0 Å². The van der Waals surface area contributed by atoms with Gasteiger partial charge in [-0.1, -0.05) is 72.8 Å². The van der Waals surface area contributed by atoms with Crippen molar-refractivity contribution < 1.29 is 27.3 Å². The van der Waals surface area contributed by atoms with Gasteiger partial charge in [0, 0.05) is 24.2 Å². The van der Waals surface area contributed by atoms with Crippen LogP contribution in [0.5, 0.6) is 0 Å². The predicted molar refractivity (Wildman–Crippen MR) is 130 cm³/mol. The molecule has 0 bridgehead atoms. The van der Waals surface area contributed by atoms with Gasteiger partial charge in [0.1, 0.15) is 0 Å². The maximum Gasteiger partial charge on any atom is 2.00 e. The Balaban J connectivity index is 0.000000240. The Morgan fingerprint density at radius 3 is 1.26 bits per heavy atom. The van der Waals surface area contributed by atoms with Crippen LogP contribution in [0.2, 0.25) is 0 Å². The number of aromatic nitrogens is 2. The standard InChI is InChI=1S/2C13H11N3O.Fe/c2*17-13(11-6-2-1-3-7-11)16-15-10-12-8-4-5-9-14-12;/h2*1-10H,(H,16,17);/q;;+2/p-2/b2*15-10+;. The maximum absolute atomic E-state index is 11.5. The zero-order chi connectivity index (χ0) is 23.8. The second-order valence-corrected chi connectivity index (χ2v) is 6.54. The van der Waals surface area contributed by atoms with E-state index in [2.05, 4.69) is 30.4 Å². The minimum absolute atomic E-state index is 0. The molecular formula is C26H20FeN6O2. The predicted octanol–water partition coefficient (Wildman–Crippen LogP) is 2.44. The third kappa shape index (κ3) is 9.91. The van der Waals surface area contributed by atoms with E-state index in [1.54, 1.807) is 73.1 Å². The van der Waals surface area contributed by atoms with Gasteiger partial charge in [0.05, 0.1) is 23.8 Å². The van der Waals surface area contributed by atoms with Crippen molar-refractivity contribution in [3.8, 4) is 0 Å². The first-order valence-electron chi connectivity index (χ1n) is 10.2. The Bertz CT molecular complexity index is 1150. The fourth-order valence-electron chi connectivity index (χ4n) is 2.46. The number of rotatable bonds is 6. The first-order valence-corrected chi connectivity index (χ1v) is 10.2. The van der Waals surface area contributed by atoms with E-state index >= 15 is 0 Å². The monoisotopic (exact) mass is 504 g/mol. The fourth-order valence-corrected chi connectivity index (χ4v) is 2.46. The van der Waals surface area contributed by atoms with Gasteiger partial charge in [-0.25, -0.2) is 0 Å². The van der Waals surface area contributed by atoms with Crippen molar-refractivity contribution in [2.45, 2.75) is 0 Å². The molecule has 0 N–H and O–H groups in total. The number of hydrogen-bond donors (Lipinski definition) is 0. The Labute approximate surface area is 213 Å². The molecule has 2 aromatic heterocycles. The van der Waals surface area contributed by atoms with Gasteiger partial charge >= 0.3 is 17.1 Å². The summed E-state index contributed by atoms with van der Waals surface area (Å²) < 4.78 is 0. The van der Waals surface area contributed by atoms with E-state index in [0.717, 1.165) is 0 Å². The summed E-state index contributed by atoms with van der Waals surface area (Å²) in [5, 5.41) is 37.6. The minimum atomic E-state index is -0.363. The molecule has 0 aliphatic carbocycles. The normalized spacial score (nSPS) is 11.5. The summed E-state index contributed by atoms with van der Waals surface area (Å²) in [6.45, 7) is 0. The summed E-state index contributed by atoms with van der Waals surface area (Å²) in [7, 11) is 0. The molecule has 0 fully saturated rings. The second kappa shape index (κ2) is 15.4. The molecule has 0 radical (unpaired) electrons. The molecule has 8 nitrogen and oxygen atoms in total. The summed E-state index contributed by atoms with van der Waals surface area (Å²) in [6, 6.07) is 28.5. The largest absolute Gasteiger partial charge is 2.00 e. The summed E-state index contributed by atoms with van der Waals surface area (Å²) in [4.78, 5) is 8.06. The van der Waals surface area contributed by atoms with Crippen LogP contribution in [0.1, 0.15) is 22.5 Å². The summed E-state index contributed by atoms with van der Waals surface area (Å²) in [6.07, 6.45) is 6.20. The summed E-state index contributed by atoms with van der Waals surface area (Å²) >= 11 is 0. The smallest absolute Gasteiger partial charge is 0.857 e. The Morgan fingerprint density at radius 1 is 0.543 bits per heavy atom. The average molecular weight is 504 g/mol. The molecule has 0 saturated heterocycles.